The molecule has 2 rings (SSSR count). The zero-order valence-electron chi connectivity index (χ0n) is 8.81. The van der Waals surface area contributed by atoms with Crippen LogP contribution in [0.4, 0.5) is 0 Å². The number of aromatic nitrogens is 1. The summed E-state index contributed by atoms with van der Waals surface area (Å²) in [5.41, 5.74) is 5.84. The molecule has 5 nitrogen and oxygen atoms in total. The fourth-order valence-electron chi connectivity index (χ4n) is 1.36. The van der Waals surface area contributed by atoms with Gasteiger partial charge in [0.05, 0.1) is 24.4 Å². The van der Waals surface area contributed by atoms with Crippen LogP contribution in [-0.4, -0.2) is 25.1 Å². The van der Waals surface area contributed by atoms with E-state index < -0.39 is 5.91 Å². The molecule has 0 fully saturated rings. The van der Waals surface area contributed by atoms with Gasteiger partial charge in [-0.2, -0.15) is 0 Å². The lowest BCUT2D eigenvalue weighted by atomic mass is 10.3. The minimum atomic E-state index is -0.529. The average molecular weight is 238 g/mol. The van der Waals surface area contributed by atoms with Crippen molar-refractivity contribution in [1.82, 2.24) is 4.98 Å². The number of nitrogens with zero attached hydrogens (tertiary/aromatic N) is 1. The number of thiazole rings is 1. The van der Waals surface area contributed by atoms with Gasteiger partial charge < -0.3 is 15.2 Å². The first-order valence-electron chi connectivity index (χ1n) is 4.48. The normalized spacial score (nSPS) is 10.4. The quantitative estimate of drug-likeness (QED) is 0.877. The molecule has 0 radical (unpaired) electrons. The second-order valence-corrected chi connectivity index (χ2v) is 4.09. The van der Waals surface area contributed by atoms with E-state index in [4.69, 9.17) is 15.2 Å². The lowest BCUT2D eigenvalue weighted by molar-refractivity contribution is 0.1000. The Balaban J connectivity index is 2.64. The number of hydrogen-bond acceptors (Lipinski definition) is 5. The molecular formula is C10H10N2O3S. The van der Waals surface area contributed by atoms with Crippen LogP contribution in [0.15, 0.2) is 12.1 Å². The highest BCUT2D eigenvalue weighted by molar-refractivity contribution is 7.20. The van der Waals surface area contributed by atoms with Gasteiger partial charge in [-0.25, -0.2) is 4.98 Å². The van der Waals surface area contributed by atoms with Crippen molar-refractivity contribution in [2.24, 2.45) is 5.73 Å². The summed E-state index contributed by atoms with van der Waals surface area (Å²) in [6, 6.07) is 3.50. The van der Waals surface area contributed by atoms with Crippen molar-refractivity contribution < 1.29 is 14.3 Å². The first-order chi connectivity index (χ1) is 7.65. The number of rotatable bonds is 3. The Kier molecular flexibility index (Phi) is 2.66. The Morgan fingerprint density at radius 2 is 1.94 bits per heavy atom. The van der Waals surface area contributed by atoms with E-state index in [1.54, 1.807) is 26.4 Å². The van der Waals surface area contributed by atoms with Crippen LogP contribution in [0.5, 0.6) is 11.5 Å². The molecule has 1 amide bonds. The Hall–Kier alpha value is -1.82. The SMILES string of the molecule is COc1cc2nc(C(N)=O)sc2cc1OC. The summed E-state index contributed by atoms with van der Waals surface area (Å²) in [4.78, 5) is 15.1. The number of primary amides is 1. The maximum absolute atomic E-state index is 11.0. The Morgan fingerprint density at radius 3 is 2.50 bits per heavy atom. The van der Waals surface area contributed by atoms with Crippen molar-refractivity contribution in [2.45, 2.75) is 0 Å². The topological polar surface area (TPSA) is 74.4 Å². The first-order valence-corrected chi connectivity index (χ1v) is 5.29. The average Bonchev–Trinajstić information content (AvgIpc) is 2.69. The summed E-state index contributed by atoms with van der Waals surface area (Å²) in [6.45, 7) is 0. The van der Waals surface area contributed by atoms with Gasteiger partial charge in [0.2, 0.25) is 0 Å². The zero-order valence-corrected chi connectivity index (χ0v) is 9.63. The van der Waals surface area contributed by atoms with Crippen LogP contribution in [0.2, 0.25) is 0 Å². The van der Waals surface area contributed by atoms with Crippen LogP contribution in [0.3, 0.4) is 0 Å². The summed E-state index contributed by atoms with van der Waals surface area (Å²) < 4.78 is 11.1. The van der Waals surface area contributed by atoms with Gasteiger partial charge in [-0.05, 0) is 0 Å². The molecule has 0 spiro atoms. The fourth-order valence-corrected chi connectivity index (χ4v) is 2.19. The summed E-state index contributed by atoms with van der Waals surface area (Å²) in [6.07, 6.45) is 0. The minimum Gasteiger partial charge on any atom is -0.493 e. The zero-order chi connectivity index (χ0) is 11.7. The monoisotopic (exact) mass is 238 g/mol. The van der Waals surface area contributed by atoms with Crippen LogP contribution < -0.4 is 15.2 Å². The van der Waals surface area contributed by atoms with Gasteiger partial charge in [0, 0.05) is 12.1 Å². The van der Waals surface area contributed by atoms with Crippen molar-refractivity contribution in [3.63, 3.8) is 0 Å². The number of nitrogens with two attached hydrogens (primary N) is 1. The third kappa shape index (κ3) is 1.67. The van der Waals surface area contributed by atoms with Gasteiger partial charge >= 0.3 is 0 Å². The van der Waals surface area contributed by atoms with Crippen molar-refractivity contribution in [3.8, 4) is 11.5 Å². The second-order valence-electron chi connectivity index (χ2n) is 3.06. The number of fused-ring (bicyclic) bond motifs is 1. The van der Waals surface area contributed by atoms with Crippen LogP contribution in [0.25, 0.3) is 10.2 Å². The molecule has 0 saturated heterocycles. The van der Waals surface area contributed by atoms with Gasteiger partial charge in [-0.3, -0.25) is 4.79 Å². The molecule has 0 aliphatic rings. The summed E-state index contributed by atoms with van der Waals surface area (Å²) >= 11 is 1.23. The van der Waals surface area contributed by atoms with E-state index in [-0.39, 0.29) is 5.01 Å². The molecule has 2 N–H and O–H groups in total. The van der Waals surface area contributed by atoms with E-state index in [9.17, 15) is 4.79 Å². The Labute approximate surface area is 95.8 Å². The van der Waals surface area contributed by atoms with Crippen molar-refractivity contribution in [1.29, 1.82) is 0 Å². The number of carbonyl (C=O) groups excluding carboxylic acids is 1. The molecule has 0 bridgehead atoms. The summed E-state index contributed by atoms with van der Waals surface area (Å²) in [7, 11) is 3.10. The Bertz CT molecular complexity index is 509. The van der Waals surface area contributed by atoms with Crippen molar-refractivity contribution >= 4 is 27.5 Å². The van der Waals surface area contributed by atoms with Gasteiger partial charge in [0.1, 0.15) is 0 Å². The first kappa shape index (κ1) is 10.7. The van der Waals surface area contributed by atoms with Crippen LogP contribution >= 0.6 is 11.3 Å². The van der Waals surface area contributed by atoms with E-state index >= 15 is 0 Å². The third-order valence-corrected chi connectivity index (χ3v) is 3.14. The van der Waals surface area contributed by atoms with E-state index in [1.165, 1.54) is 11.3 Å². The number of ether oxygens (including phenoxy) is 2. The standard InChI is InChI=1S/C10H10N2O3S/c1-14-6-3-5-8(4-7(6)15-2)16-10(12-5)9(11)13/h3-4H,1-2H3,(H2,11,13). The van der Waals surface area contributed by atoms with E-state index in [0.717, 1.165) is 4.70 Å². The molecule has 1 heterocycles. The molecule has 0 unspecified atom stereocenters. The highest BCUT2D eigenvalue weighted by Gasteiger charge is 2.12. The third-order valence-electron chi connectivity index (χ3n) is 2.10. The summed E-state index contributed by atoms with van der Waals surface area (Å²) in [5.74, 6) is 0.658. The molecule has 0 aliphatic heterocycles. The molecule has 0 atom stereocenters. The van der Waals surface area contributed by atoms with Crippen LogP contribution in [-0.2, 0) is 0 Å². The molecular weight excluding hydrogens is 228 g/mol. The number of hydrogen-bond donors (Lipinski definition) is 1. The lowest BCUT2D eigenvalue weighted by Gasteiger charge is -2.05. The van der Waals surface area contributed by atoms with E-state index in [2.05, 4.69) is 4.98 Å². The summed E-state index contributed by atoms with van der Waals surface area (Å²) in [5, 5.41) is 0.283. The number of carbonyl (C=O) groups is 1. The van der Waals surface area contributed by atoms with Crippen LogP contribution in [0, 0.1) is 0 Å². The maximum atomic E-state index is 11.0. The van der Waals surface area contributed by atoms with E-state index in [1.807, 2.05) is 0 Å². The highest BCUT2D eigenvalue weighted by atomic mass is 32.1. The fraction of sp³-hybridized carbons (Fsp3) is 0.200. The highest BCUT2D eigenvalue weighted by Crippen LogP contribution is 2.34. The molecule has 0 saturated carbocycles. The second kappa shape index (κ2) is 3.97. The Morgan fingerprint density at radius 1 is 1.31 bits per heavy atom. The molecule has 1 aromatic heterocycles. The molecule has 2 aromatic rings. The molecule has 1 aromatic carbocycles. The van der Waals surface area contributed by atoms with Crippen molar-refractivity contribution in [2.75, 3.05) is 14.2 Å². The maximum Gasteiger partial charge on any atom is 0.277 e. The predicted octanol–water partition coefficient (Wildman–Crippen LogP) is 1.41. The largest absolute Gasteiger partial charge is 0.493 e. The minimum absolute atomic E-state index is 0.283. The van der Waals surface area contributed by atoms with Gasteiger partial charge in [0.25, 0.3) is 5.91 Å². The van der Waals surface area contributed by atoms with Gasteiger partial charge in [0.15, 0.2) is 16.5 Å². The predicted molar refractivity (Wildman–Crippen MR) is 61.2 cm³/mol. The van der Waals surface area contributed by atoms with Gasteiger partial charge in [-0.1, -0.05) is 0 Å². The molecule has 84 valence electrons. The smallest absolute Gasteiger partial charge is 0.277 e. The molecule has 6 heteroatoms. The number of methoxy groups -OCH3 is 2. The number of amides is 1. The lowest BCUT2D eigenvalue weighted by Crippen LogP contribution is -2.09. The molecule has 16 heavy (non-hydrogen) atoms. The van der Waals surface area contributed by atoms with E-state index in [0.29, 0.717) is 17.0 Å². The van der Waals surface area contributed by atoms with Crippen LogP contribution in [0.1, 0.15) is 9.80 Å². The number of benzene rings is 1. The van der Waals surface area contributed by atoms with Gasteiger partial charge in [-0.15, -0.1) is 11.3 Å². The molecule has 0 aliphatic carbocycles. The van der Waals surface area contributed by atoms with Crippen molar-refractivity contribution in [3.05, 3.63) is 17.1 Å².